The number of alkyl halides is 6. The molecule has 0 fully saturated rings. The van der Waals surface area contributed by atoms with E-state index in [1.165, 1.54) is 0 Å². The lowest BCUT2D eigenvalue weighted by Crippen LogP contribution is -2.44. The van der Waals surface area contributed by atoms with Crippen LogP contribution in [0.25, 0.3) is 0 Å². The fraction of sp³-hybridized carbons (Fsp3) is 1.00. The van der Waals surface area contributed by atoms with Crippen molar-refractivity contribution in [3.63, 3.8) is 0 Å². The number of rotatable bonds is 7. The monoisotopic (exact) mass is 311 g/mol. The summed E-state index contributed by atoms with van der Waals surface area (Å²) in [6.07, 6.45) is -13.6. The van der Waals surface area contributed by atoms with Crippen molar-refractivity contribution in [1.29, 1.82) is 0 Å². The summed E-state index contributed by atoms with van der Waals surface area (Å²) in [7, 11) is -1.31. The van der Waals surface area contributed by atoms with Gasteiger partial charge >= 0.3 is 12.4 Å². The number of nitrogens with two attached hydrogens (primary N) is 1. The highest BCUT2D eigenvalue weighted by molar-refractivity contribution is 6.59. The maximum absolute atomic E-state index is 12.1. The van der Waals surface area contributed by atoms with Crippen molar-refractivity contribution in [1.82, 2.24) is 0 Å². The molecule has 0 bridgehead atoms. The van der Waals surface area contributed by atoms with Gasteiger partial charge in [0.2, 0.25) is 6.10 Å². The second-order valence-corrected chi connectivity index (χ2v) is 7.91. The largest absolute Gasteiger partial charge is 0.423 e. The molecule has 0 aromatic heterocycles. The smallest absolute Gasteiger partial charge is 0.361 e. The summed E-state index contributed by atoms with van der Waals surface area (Å²) in [5, 5.41) is 0. The first kappa shape index (κ1) is 18.7. The molecule has 2 N–H and O–H groups in total. The molecule has 2 unspecified atom stereocenters. The van der Waals surface area contributed by atoms with E-state index in [0.717, 1.165) is 6.42 Å². The minimum atomic E-state index is -5.43. The molecule has 2 nitrogen and oxygen atoms in total. The van der Waals surface area contributed by atoms with Gasteiger partial charge in [0.15, 0.2) is 0 Å². The van der Waals surface area contributed by atoms with Crippen LogP contribution >= 0.6 is 0 Å². The number of hydrogen-bond donors (Lipinski definition) is 1. The van der Waals surface area contributed by atoms with Crippen LogP contribution in [0.2, 0.25) is 12.6 Å². The fourth-order valence-corrected chi connectivity index (χ4v) is 3.64. The molecule has 0 aliphatic heterocycles. The first-order chi connectivity index (χ1) is 8.50. The van der Waals surface area contributed by atoms with E-state index in [2.05, 4.69) is 4.74 Å². The van der Waals surface area contributed by atoms with Gasteiger partial charge in [-0.25, -0.2) is 0 Å². The van der Waals surface area contributed by atoms with Crippen molar-refractivity contribution in [2.45, 2.75) is 56.5 Å². The highest BCUT2D eigenvalue weighted by atomic mass is 28.3. The molecule has 116 valence electrons. The Morgan fingerprint density at radius 3 is 1.95 bits per heavy atom. The minimum Gasteiger partial charge on any atom is -0.361 e. The molecule has 0 rings (SSSR count). The molecule has 0 saturated heterocycles. The maximum Gasteiger partial charge on any atom is 0.423 e. The zero-order chi connectivity index (χ0) is 15.3. The molecule has 0 spiro atoms. The van der Waals surface area contributed by atoms with E-state index in [9.17, 15) is 26.3 Å². The van der Waals surface area contributed by atoms with E-state index in [1.807, 2.05) is 13.5 Å². The molecule has 0 radical (unpaired) electrons. The van der Waals surface area contributed by atoms with Gasteiger partial charge in [0.05, 0.1) is 8.80 Å². The van der Waals surface area contributed by atoms with Crippen molar-refractivity contribution in [2.75, 3.05) is 6.61 Å². The predicted molar refractivity (Wildman–Crippen MR) is 62.6 cm³/mol. The van der Waals surface area contributed by atoms with Crippen molar-refractivity contribution in [3.8, 4) is 0 Å². The Bertz CT molecular complexity index is 243. The number of halogens is 6. The van der Waals surface area contributed by atoms with E-state index in [1.54, 1.807) is 0 Å². The van der Waals surface area contributed by atoms with Crippen LogP contribution < -0.4 is 5.73 Å². The molecule has 0 aliphatic carbocycles. The molecular formula is C10H19F6NOSi. The van der Waals surface area contributed by atoms with E-state index in [0.29, 0.717) is 6.04 Å². The molecule has 2 atom stereocenters. The van der Waals surface area contributed by atoms with Gasteiger partial charge in [0.25, 0.3) is 0 Å². The second-order valence-electron chi connectivity index (χ2n) is 4.53. The van der Waals surface area contributed by atoms with Gasteiger partial charge in [-0.3, -0.25) is 0 Å². The van der Waals surface area contributed by atoms with Gasteiger partial charge in [0, 0.05) is 6.61 Å². The zero-order valence-corrected chi connectivity index (χ0v) is 12.0. The lowest BCUT2D eigenvalue weighted by molar-refractivity contribution is -0.321. The van der Waals surface area contributed by atoms with E-state index < -0.39 is 33.9 Å². The second kappa shape index (κ2) is 7.49. The van der Waals surface area contributed by atoms with Gasteiger partial charge in [-0.05, 0) is 18.5 Å². The first-order valence-electron chi connectivity index (χ1n) is 6.00. The van der Waals surface area contributed by atoms with E-state index in [-0.39, 0.29) is 12.1 Å². The topological polar surface area (TPSA) is 35.2 Å². The number of ether oxygens (including phenoxy) is 1. The highest BCUT2D eigenvalue weighted by Crippen LogP contribution is 2.35. The molecular weight excluding hydrogens is 292 g/mol. The molecule has 0 heterocycles. The van der Waals surface area contributed by atoms with E-state index >= 15 is 0 Å². The van der Waals surface area contributed by atoms with Crippen LogP contribution in [0.5, 0.6) is 0 Å². The van der Waals surface area contributed by atoms with Crippen LogP contribution in [0.1, 0.15) is 19.8 Å². The fourth-order valence-electron chi connectivity index (χ4n) is 1.60. The molecule has 0 amide bonds. The van der Waals surface area contributed by atoms with Crippen LogP contribution in [0.4, 0.5) is 26.3 Å². The average molecular weight is 311 g/mol. The SMILES string of the molecule is CCC(N)[SiH](C)CCCOC(C(F)(F)F)C(F)(F)F. The lowest BCUT2D eigenvalue weighted by atomic mass is 10.3. The van der Waals surface area contributed by atoms with Gasteiger partial charge < -0.3 is 10.5 Å². The van der Waals surface area contributed by atoms with Crippen LogP contribution in [-0.4, -0.2) is 39.5 Å². The van der Waals surface area contributed by atoms with Crippen molar-refractivity contribution in [3.05, 3.63) is 0 Å². The molecule has 0 aromatic rings. The normalized spacial score (nSPS) is 16.7. The standard InChI is InChI=1S/C10H19F6NOSi/c1-3-7(17)19(2)6-4-5-18-8(9(11,12)13)10(14,15)16/h7-8,19H,3-6,17H2,1-2H3. The Morgan fingerprint density at radius 2 is 1.58 bits per heavy atom. The molecule has 0 aromatic carbocycles. The van der Waals surface area contributed by atoms with Crippen molar-refractivity contribution >= 4 is 8.80 Å². The third kappa shape index (κ3) is 7.16. The minimum absolute atomic E-state index is 0.0287. The molecule has 0 saturated carbocycles. The summed E-state index contributed by atoms with van der Waals surface area (Å²) in [5.74, 6) is 0. The molecule has 9 heteroatoms. The molecule has 0 aliphatic rings. The average Bonchev–Trinajstić information content (AvgIpc) is 2.23. The molecule has 19 heavy (non-hydrogen) atoms. The Morgan fingerprint density at radius 1 is 1.11 bits per heavy atom. The van der Waals surface area contributed by atoms with Crippen LogP contribution in [-0.2, 0) is 4.74 Å². The Labute approximate surface area is 109 Å². The quantitative estimate of drug-likeness (QED) is 0.446. The Balaban J connectivity index is 4.16. The number of hydrogen-bond acceptors (Lipinski definition) is 2. The van der Waals surface area contributed by atoms with Crippen molar-refractivity contribution < 1.29 is 31.1 Å². The maximum atomic E-state index is 12.1. The Hall–Kier alpha value is -0.283. The first-order valence-corrected chi connectivity index (χ1v) is 8.64. The predicted octanol–water partition coefficient (Wildman–Crippen LogP) is 3.02. The summed E-state index contributed by atoms with van der Waals surface area (Å²) in [6.45, 7) is 3.28. The third-order valence-corrected chi connectivity index (χ3v) is 6.14. The Kier molecular flexibility index (Phi) is 7.37. The van der Waals surface area contributed by atoms with Crippen LogP contribution in [0.3, 0.4) is 0 Å². The van der Waals surface area contributed by atoms with Crippen LogP contribution in [0, 0.1) is 0 Å². The summed E-state index contributed by atoms with van der Waals surface area (Å²) in [5.41, 5.74) is 5.79. The highest BCUT2D eigenvalue weighted by Gasteiger charge is 2.57. The summed E-state index contributed by atoms with van der Waals surface area (Å²) >= 11 is 0. The van der Waals surface area contributed by atoms with Gasteiger partial charge in [0.1, 0.15) is 0 Å². The van der Waals surface area contributed by atoms with Gasteiger partial charge in [-0.1, -0.05) is 19.5 Å². The van der Waals surface area contributed by atoms with Gasteiger partial charge in [-0.15, -0.1) is 0 Å². The van der Waals surface area contributed by atoms with Crippen LogP contribution in [0.15, 0.2) is 0 Å². The van der Waals surface area contributed by atoms with E-state index in [4.69, 9.17) is 5.73 Å². The summed E-state index contributed by atoms with van der Waals surface area (Å²) < 4.78 is 76.7. The summed E-state index contributed by atoms with van der Waals surface area (Å²) in [6, 6.07) is 0.567. The third-order valence-electron chi connectivity index (χ3n) is 2.89. The zero-order valence-electron chi connectivity index (χ0n) is 10.8. The lowest BCUT2D eigenvalue weighted by Gasteiger charge is -2.23. The van der Waals surface area contributed by atoms with Crippen molar-refractivity contribution in [2.24, 2.45) is 5.73 Å². The summed E-state index contributed by atoms with van der Waals surface area (Å²) in [4.78, 5) is 0. The van der Waals surface area contributed by atoms with Gasteiger partial charge in [-0.2, -0.15) is 26.3 Å².